The lowest BCUT2D eigenvalue weighted by atomic mass is 9.99. The van der Waals surface area contributed by atoms with Crippen LogP contribution in [0.1, 0.15) is 28.7 Å². The molecule has 0 aliphatic carbocycles. The van der Waals surface area contributed by atoms with E-state index in [1.807, 2.05) is 31.2 Å². The first-order valence-corrected chi connectivity index (χ1v) is 10.6. The summed E-state index contributed by atoms with van der Waals surface area (Å²) in [4.78, 5) is 15.0. The van der Waals surface area contributed by atoms with E-state index in [9.17, 15) is 10.1 Å². The number of rotatable bonds is 5. The molecule has 0 aliphatic heterocycles. The Morgan fingerprint density at radius 2 is 1.93 bits per heavy atom. The minimum Gasteiger partial charge on any atom is -0.461 e. The molecule has 0 atom stereocenters. The van der Waals surface area contributed by atoms with Gasteiger partial charge in [0.2, 0.25) is 0 Å². The summed E-state index contributed by atoms with van der Waals surface area (Å²) in [5.74, 6) is -0.411. The number of carbonyl (C=O) groups excluding carboxylic acids is 1. The molecule has 0 saturated heterocycles. The van der Waals surface area contributed by atoms with Crippen molar-refractivity contribution in [3.63, 3.8) is 0 Å². The number of thioether (sulfide) groups is 1. The van der Waals surface area contributed by atoms with Crippen LogP contribution in [0.4, 0.5) is 0 Å². The Labute approximate surface area is 167 Å². The molecule has 0 N–H and O–H groups in total. The highest BCUT2D eigenvalue weighted by atomic mass is 32.2. The van der Waals surface area contributed by atoms with E-state index in [1.54, 1.807) is 41.6 Å². The van der Waals surface area contributed by atoms with Gasteiger partial charge in [-0.05, 0) is 42.7 Å². The minimum absolute atomic E-state index is 0.291. The van der Waals surface area contributed by atoms with Crippen molar-refractivity contribution < 1.29 is 9.53 Å². The van der Waals surface area contributed by atoms with Crippen molar-refractivity contribution in [2.24, 2.45) is 7.05 Å². The van der Waals surface area contributed by atoms with Crippen LogP contribution in [-0.2, 0) is 11.8 Å². The van der Waals surface area contributed by atoms with Gasteiger partial charge in [0.15, 0.2) is 0 Å². The summed E-state index contributed by atoms with van der Waals surface area (Å²) in [6.45, 7) is 3.91. The van der Waals surface area contributed by atoms with Crippen LogP contribution in [0.2, 0.25) is 0 Å². The molecule has 0 amide bonds. The van der Waals surface area contributed by atoms with Gasteiger partial charge >= 0.3 is 5.97 Å². The molecule has 0 unspecified atom stereocenters. The van der Waals surface area contributed by atoms with Gasteiger partial charge in [-0.3, -0.25) is 0 Å². The van der Waals surface area contributed by atoms with Gasteiger partial charge in [0.25, 0.3) is 0 Å². The smallest absolute Gasteiger partial charge is 0.355 e. The number of nitriles is 1. The van der Waals surface area contributed by atoms with Gasteiger partial charge in [-0.2, -0.15) is 5.26 Å². The molecule has 0 fully saturated rings. The fraction of sp³-hybridized carbons (Fsp3) is 0.238. The zero-order valence-electron chi connectivity index (χ0n) is 15.7. The van der Waals surface area contributed by atoms with E-state index >= 15 is 0 Å². The highest BCUT2D eigenvalue weighted by molar-refractivity contribution is 7.98. The van der Waals surface area contributed by atoms with E-state index in [-0.39, 0.29) is 0 Å². The van der Waals surface area contributed by atoms with Crippen LogP contribution >= 0.6 is 23.1 Å². The molecule has 0 bridgehead atoms. The Hall–Kier alpha value is -2.49. The second-order valence-electron chi connectivity index (χ2n) is 5.97. The van der Waals surface area contributed by atoms with Gasteiger partial charge in [-0.25, -0.2) is 4.79 Å². The standard InChI is InChI=1S/C21H20N2O2S2/c1-5-25-21(24)19-18(16(12-22)13(2)23(19)3)14-6-8-15(9-7-14)20-17(26-4)10-11-27-20/h6-11H,5H2,1-4H3. The van der Waals surface area contributed by atoms with E-state index in [0.717, 1.165) is 16.8 Å². The molecule has 3 aromatic rings. The molecular formula is C21H20N2O2S2. The van der Waals surface area contributed by atoms with Gasteiger partial charge in [0.05, 0.1) is 12.2 Å². The number of nitrogens with zero attached hydrogens (tertiary/aromatic N) is 2. The highest BCUT2D eigenvalue weighted by Gasteiger charge is 2.25. The molecule has 0 aliphatic rings. The predicted octanol–water partition coefficient (Wildman–Crippen LogP) is 5.50. The molecule has 2 aromatic heterocycles. The second-order valence-corrected chi connectivity index (χ2v) is 7.73. The molecule has 6 heteroatoms. The monoisotopic (exact) mass is 396 g/mol. The SMILES string of the molecule is CCOC(=O)c1c(-c2ccc(-c3sccc3SC)cc2)c(C#N)c(C)n1C. The Bertz CT molecular complexity index is 1020. The fourth-order valence-corrected chi connectivity index (χ4v) is 4.90. The van der Waals surface area contributed by atoms with Gasteiger partial charge in [0, 0.05) is 28.1 Å². The van der Waals surface area contributed by atoms with Crippen LogP contribution in [0.15, 0.2) is 40.6 Å². The van der Waals surface area contributed by atoms with Crippen LogP contribution in [0, 0.1) is 18.3 Å². The average molecular weight is 397 g/mol. The van der Waals surface area contributed by atoms with E-state index in [2.05, 4.69) is 23.8 Å². The molecular weight excluding hydrogens is 376 g/mol. The Balaban J connectivity index is 2.13. The number of thiophene rings is 1. The largest absolute Gasteiger partial charge is 0.461 e. The zero-order chi connectivity index (χ0) is 19.6. The van der Waals surface area contributed by atoms with Gasteiger partial charge in [0.1, 0.15) is 11.8 Å². The molecule has 138 valence electrons. The summed E-state index contributed by atoms with van der Waals surface area (Å²) < 4.78 is 6.97. The molecule has 27 heavy (non-hydrogen) atoms. The summed E-state index contributed by atoms with van der Waals surface area (Å²) in [6.07, 6.45) is 2.07. The van der Waals surface area contributed by atoms with Crippen LogP contribution in [0.3, 0.4) is 0 Å². The Morgan fingerprint density at radius 1 is 1.26 bits per heavy atom. The van der Waals surface area contributed by atoms with Crippen LogP contribution in [0.25, 0.3) is 21.6 Å². The first-order valence-electron chi connectivity index (χ1n) is 8.52. The van der Waals surface area contributed by atoms with Crippen LogP contribution in [-0.4, -0.2) is 23.4 Å². The second kappa shape index (κ2) is 8.03. The van der Waals surface area contributed by atoms with Crippen molar-refractivity contribution in [1.82, 2.24) is 4.57 Å². The molecule has 1 aromatic carbocycles. The molecule has 2 heterocycles. The van der Waals surface area contributed by atoms with Crippen molar-refractivity contribution in [3.05, 3.63) is 52.7 Å². The highest BCUT2D eigenvalue weighted by Crippen LogP contribution is 2.37. The minimum atomic E-state index is -0.411. The summed E-state index contributed by atoms with van der Waals surface area (Å²) in [6, 6.07) is 12.4. The first-order chi connectivity index (χ1) is 13.0. The fourth-order valence-electron chi connectivity index (χ4n) is 3.12. The van der Waals surface area contributed by atoms with Gasteiger partial charge in [-0.1, -0.05) is 24.3 Å². The number of carbonyl (C=O) groups is 1. The number of hydrogen-bond donors (Lipinski definition) is 0. The van der Waals surface area contributed by atoms with Crippen molar-refractivity contribution in [3.8, 4) is 27.6 Å². The average Bonchev–Trinajstić information content (AvgIpc) is 3.25. The normalized spacial score (nSPS) is 10.6. The van der Waals surface area contributed by atoms with E-state index < -0.39 is 5.97 Å². The third-order valence-electron chi connectivity index (χ3n) is 4.55. The first kappa shape index (κ1) is 19.3. The van der Waals surface area contributed by atoms with Crippen molar-refractivity contribution >= 4 is 29.1 Å². The summed E-state index contributed by atoms with van der Waals surface area (Å²) in [5.41, 5.74) is 4.28. The van der Waals surface area contributed by atoms with E-state index in [4.69, 9.17) is 4.74 Å². The van der Waals surface area contributed by atoms with Crippen LogP contribution < -0.4 is 0 Å². The number of esters is 1. The lowest BCUT2D eigenvalue weighted by Crippen LogP contribution is -2.11. The number of ether oxygens (including phenoxy) is 1. The predicted molar refractivity (Wildman–Crippen MR) is 111 cm³/mol. The number of aromatic nitrogens is 1. The van der Waals surface area contributed by atoms with Crippen molar-refractivity contribution in [2.45, 2.75) is 18.7 Å². The summed E-state index contributed by atoms with van der Waals surface area (Å²) in [7, 11) is 1.79. The molecule has 0 spiro atoms. The maximum Gasteiger partial charge on any atom is 0.355 e. The van der Waals surface area contributed by atoms with Crippen molar-refractivity contribution in [1.29, 1.82) is 5.26 Å². The van der Waals surface area contributed by atoms with E-state index in [1.165, 1.54) is 9.77 Å². The third-order valence-corrected chi connectivity index (χ3v) is 6.43. The molecule has 3 rings (SSSR count). The number of benzene rings is 1. The Kier molecular flexibility index (Phi) is 5.73. The lowest BCUT2D eigenvalue weighted by Gasteiger charge is -2.09. The maximum absolute atomic E-state index is 12.5. The quantitative estimate of drug-likeness (QED) is 0.422. The summed E-state index contributed by atoms with van der Waals surface area (Å²) in [5, 5.41) is 11.8. The van der Waals surface area contributed by atoms with Crippen LogP contribution in [0.5, 0.6) is 0 Å². The maximum atomic E-state index is 12.5. The van der Waals surface area contributed by atoms with E-state index in [0.29, 0.717) is 23.4 Å². The third kappa shape index (κ3) is 3.41. The van der Waals surface area contributed by atoms with Gasteiger partial charge in [-0.15, -0.1) is 23.1 Å². The topological polar surface area (TPSA) is 55.0 Å². The molecule has 4 nitrogen and oxygen atoms in total. The van der Waals surface area contributed by atoms with Gasteiger partial charge < -0.3 is 9.30 Å². The lowest BCUT2D eigenvalue weighted by molar-refractivity contribution is 0.0516. The molecule has 0 radical (unpaired) electrons. The van der Waals surface area contributed by atoms with Crippen molar-refractivity contribution in [2.75, 3.05) is 12.9 Å². The zero-order valence-corrected chi connectivity index (χ0v) is 17.3. The Morgan fingerprint density at radius 3 is 2.52 bits per heavy atom. The summed E-state index contributed by atoms with van der Waals surface area (Å²) >= 11 is 3.43. The number of hydrogen-bond acceptors (Lipinski definition) is 5. The molecule has 0 saturated carbocycles.